The smallest absolute Gasteiger partial charge is 0.271 e. The third-order valence-corrected chi connectivity index (χ3v) is 4.13. The minimum atomic E-state index is -0.473. The quantitative estimate of drug-likeness (QED) is 0.475. The van der Waals surface area contributed by atoms with Gasteiger partial charge in [0.15, 0.2) is 0 Å². The predicted molar refractivity (Wildman–Crippen MR) is 108 cm³/mol. The van der Waals surface area contributed by atoms with Gasteiger partial charge in [0.05, 0.1) is 17.8 Å². The fourth-order valence-corrected chi connectivity index (χ4v) is 2.65. The topological polar surface area (TPSA) is 74.5 Å². The standard InChI is InChI=1S/C22H15ClFN3O2/c23-19-6-9-21(29-14-16-3-1-2-15(10-16)12-25)18(11-19)13-26-27-22(28)17-4-7-20(24)8-5-17/h1-11,13H,14H2,(H,27,28)/b26-13-. The van der Waals surface area contributed by atoms with Crippen LogP contribution in [0, 0.1) is 17.1 Å². The molecule has 0 unspecified atom stereocenters. The van der Waals surface area contributed by atoms with Crippen molar-refractivity contribution < 1.29 is 13.9 Å². The van der Waals surface area contributed by atoms with Gasteiger partial charge < -0.3 is 4.74 Å². The third-order valence-electron chi connectivity index (χ3n) is 3.90. The monoisotopic (exact) mass is 407 g/mol. The normalized spacial score (nSPS) is 10.5. The van der Waals surface area contributed by atoms with E-state index in [2.05, 4.69) is 16.6 Å². The van der Waals surface area contributed by atoms with Gasteiger partial charge in [-0.2, -0.15) is 10.4 Å². The highest BCUT2D eigenvalue weighted by atomic mass is 35.5. The minimum absolute atomic E-state index is 0.250. The fraction of sp³-hybridized carbons (Fsp3) is 0.0455. The maximum absolute atomic E-state index is 12.9. The number of nitrogens with zero attached hydrogens (tertiary/aromatic N) is 2. The molecule has 0 atom stereocenters. The molecule has 1 amide bonds. The molecule has 3 aromatic carbocycles. The number of halogens is 2. The van der Waals surface area contributed by atoms with E-state index in [1.54, 1.807) is 36.4 Å². The zero-order chi connectivity index (χ0) is 20.6. The van der Waals surface area contributed by atoms with E-state index in [9.17, 15) is 9.18 Å². The second-order valence-corrected chi connectivity index (χ2v) is 6.43. The second kappa shape index (κ2) is 9.49. The van der Waals surface area contributed by atoms with Gasteiger partial charge >= 0.3 is 0 Å². The van der Waals surface area contributed by atoms with Crippen LogP contribution in [0.5, 0.6) is 5.75 Å². The van der Waals surface area contributed by atoms with Crippen LogP contribution in [-0.4, -0.2) is 12.1 Å². The van der Waals surface area contributed by atoms with Crippen molar-refractivity contribution in [1.82, 2.24) is 5.43 Å². The Morgan fingerprint density at radius 2 is 1.97 bits per heavy atom. The molecule has 0 saturated heterocycles. The molecule has 0 aromatic heterocycles. The van der Waals surface area contributed by atoms with Gasteiger partial charge in [0, 0.05) is 16.1 Å². The Labute approximate surface area is 172 Å². The zero-order valence-corrected chi connectivity index (χ0v) is 15.9. The van der Waals surface area contributed by atoms with Crippen molar-refractivity contribution in [3.63, 3.8) is 0 Å². The summed E-state index contributed by atoms with van der Waals surface area (Å²) in [6.07, 6.45) is 1.41. The average Bonchev–Trinajstić information content (AvgIpc) is 2.73. The summed E-state index contributed by atoms with van der Waals surface area (Å²) in [5, 5.41) is 13.4. The number of hydrogen-bond donors (Lipinski definition) is 1. The predicted octanol–water partition coefficient (Wildman–Crippen LogP) is 4.69. The minimum Gasteiger partial charge on any atom is -0.488 e. The number of carbonyl (C=O) groups excluding carboxylic acids is 1. The van der Waals surface area contributed by atoms with Crippen LogP contribution in [0.4, 0.5) is 4.39 Å². The first kappa shape index (κ1) is 20.1. The van der Waals surface area contributed by atoms with Crippen LogP contribution in [0.25, 0.3) is 0 Å². The van der Waals surface area contributed by atoms with Crippen LogP contribution >= 0.6 is 11.6 Å². The molecule has 0 aliphatic heterocycles. The summed E-state index contributed by atoms with van der Waals surface area (Å²) < 4.78 is 18.8. The Morgan fingerprint density at radius 3 is 2.72 bits per heavy atom. The molecule has 3 aromatic rings. The molecule has 29 heavy (non-hydrogen) atoms. The van der Waals surface area contributed by atoms with Gasteiger partial charge in [0.2, 0.25) is 0 Å². The molecule has 0 fully saturated rings. The van der Waals surface area contributed by atoms with Gasteiger partial charge in [-0.25, -0.2) is 9.82 Å². The molecule has 1 N–H and O–H groups in total. The Hall–Kier alpha value is -3.69. The highest BCUT2D eigenvalue weighted by molar-refractivity contribution is 6.30. The lowest BCUT2D eigenvalue weighted by atomic mass is 10.1. The Bertz CT molecular complexity index is 1090. The lowest BCUT2D eigenvalue weighted by molar-refractivity contribution is 0.0955. The summed E-state index contributed by atoms with van der Waals surface area (Å²) in [5.74, 6) is -0.387. The molecule has 0 spiro atoms. The summed E-state index contributed by atoms with van der Waals surface area (Å²) in [5.41, 5.74) is 4.61. The summed E-state index contributed by atoms with van der Waals surface area (Å²) in [4.78, 5) is 12.0. The summed E-state index contributed by atoms with van der Waals surface area (Å²) >= 11 is 6.05. The van der Waals surface area contributed by atoms with E-state index in [4.69, 9.17) is 21.6 Å². The molecule has 0 aliphatic rings. The van der Waals surface area contributed by atoms with Gasteiger partial charge in [-0.1, -0.05) is 23.7 Å². The Morgan fingerprint density at radius 1 is 1.17 bits per heavy atom. The van der Waals surface area contributed by atoms with Crippen molar-refractivity contribution in [3.05, 3.63) is 99.8 Å². The average molecular weight is 408 g/mol. The van der Waals surface area contributed by atoms with E-state index in [0.29, 0.717) is 21.9 Å². The molecular weight excluding hydrogens is 393 g/mol. The molecule has 7 heteroatoms. The number of carbonyl (C=O) groups is 1. The molecule has 0 radical (unpaired) electrons. The summed E-state index contributed by atoms with van der Waals surface area (Å²) in [6.45, 7) is 0.250. The van der Waals surface area contributed by atoms with E-state index >= 15 is 0 Å². The number of benzene rings is 3. The first-order chi connectivity index (χ1) is 14.0. The van der Waals surface area contributed by atoms with Crippen molar-refractivity contribution in [1.29, 1.82) is 5.26 Å². The van der Waals surface area contributed by atoms with Crippen LogP contribution in [0.15, 0.2) is 71.8 Å². The van der Waals surface area contributed by atoms with Crippen LogP contribution in [0.2, 0.25) is 5.02 Å². The molecule has 5 nitrogen and oxygen atoms in total. The fourth-order valence-electron chi connectivity index (χ4n) is 2.47. The lowest BCUT2D eigenvalue weighted by Crippen LogP contribution is -2.17. The highest BCUT2D eigenvalue weighted by Crippen LogP contribution is 2.22. The number of nitriles is 1. The molecule has 0 aliphatic carbocycles. The van der Waals surface area contributed by atoms with Crippen molar-refractivity contribution in [3.8, 4) is 11.8 Å². The van der Waals surface area contributed by atoms with Crippen molar-refractivity contribution in [2.45, 2.75) is 6.61 Å². The van der Waals surface area contributed by atoms with Gasteiger partial charge in [-0.15, -0.1) is 0 Å². The van der Waals surface area contributed by atoms with Crippen molar-refractivity contribution >= 4 is 23.7 Å². The lowest BCUT2D eigenvalue weighted by Gasteiger charge is -2.10. The molecule has 0 saturated carbocycles. The van der Waals surface area contributed by atoms with E-state index in [0.717, 1.165) is 5.56 Å². The number of amides is 1. The highest BCUT2D eigenvalue weighted by Gasteiger charge is 2.06. The third kappa shape index (κ3) is 5.64. The van der Waals surface area contributed by atoms with Gasteiger partial charge in [0.25, 0.3) is 5.91 Å². The van der Waals surface area contributed by atoms with E-state index < -0.39 is 11.7 Å². The van der Waals surface area contributed by atoms with E-state index in [1.165, 1.54) is 30.5 Å². The maximum Gasteiger partial charge on any atom is 0.271 e. The van der Waals surface area contributed by atoms with E-state index in [1.807, 2.05) is 6.07 Å². The molecule has 0 heterocycles. The SMILES string of the molecule is N#Cc1cccc(COc2ccc(Cl)cc2/C=N\NC(=O)c2ccc(F)cc2)c1. The largest absolute Gasteiger partial charge is 0.488 e. The number of rotatable bonds is 6. The van der Waals surface area contributed by atoms with E-state index in [-0.39, 0.29) is 12.2 Å². The van der Waals surface area contributed by atoms with Crippen LogP contribution in [-0.2, 0) is 6.61 Å². The maximum atomic E-state index is 12.9. The van der Waals surface area contributed by atoms with Crippen LogP contribution in [0.3, 0.4) is 0 Å². The number of hydrazone groups is 1. The Balaban J connectivity index is 1.69. The molecular formula is C22H15ClFN3O2. The van der Waals surface area contributed by atoms with Gasteiger partial charge in [-0.3, -0.25) is 4.79 Å². The van der Waals surface area contributed by atoms with Gasteiger partial charge in [-0.05, 0) is 60.2 Å². The Kier molecular flexibility index (Phi) is 6.56. The second-order valence-electron chi connectivity index (χ2n) is 5.99. The zero-order valence-electron chi connectivity index (χ0n) is 15.1. The van der Waals surface area contributed by atoms with Crippen LogP contribution in [0.1, 0.15) is 27.0 Å². The van der Waals surface area contributed by atoms with Crippen molar-refractivity contribution in [2.75, 3.05) is 0 Å². The first-order valence-corrected chi connectivity index (χ1v) is 8.93. The summed E-state index contributed by atoms with van der Waals surface area (Å²) in [7, 11) is 0. The molecule has 144 valence electrons. The summed E-state index contributed by atoms with van der Waals surface area (Å²) in [6, 6.07) is 19.3. The van der Waals surface area contributed by atoms with Gasteiger partial charge in [0.1, 0.15) is 18.2 Å². The number of hydrogen-bond acceptors (Lipinski definition) is 4. The van der Waals surface area contributed by atoms with Crippen molar-refractivity contribution in [2.24, 2.45) is 5.10 Å². The van der Waals surface area contributed by atoms with Crippen LogP contribution < -0.4 is 10.2 Å². The number of nitrogens with one attached hydrogen (secondary N) is 1. The first-order valence-electron chi connectivity index (χ1n) is 8.55. The number of ether oxygens (including phenoxy) is 1. The molecule has 0 bridgehead atoms. The molecule has 3 rings (SSSR count).